The van der Waals surface area contributed by atoms with E-state index in [4.69, 9.17) is 4.74 Å². The Hall–Kier alpha value is -3.86. The number of benzene rings is 3. The first-order chi connectivity index (χ1) is 18.1. The lowest BCUT2D eigenvalue weighted by Crippen LogP contribution is -2.26. The highest BCUT2D eigenvalue weighted by molar-refractivity contribution is 5.99. The summed E-state index contributed by atoms with van der Waals surface area (Å²) in [5, 5.41) is 4.24. The van der Waals surface area contributed by atoms with Crippen molar-refractivity contribution in [1.82, 2.24) is 9.88 Å². The predicted molar refractivity (Wildman–Crippen MR) is 154 cm³/mol. The Morgan fingerprint density at radius 2 is 1.55 bits per heavy atom. The van der Waals surface area contributed by atoms with Gasteiger partial charge in [-0.15, -0.1) is 0 Å². The van der Waals surface area contributed by atoms with E-state index in [9.17, 15) is 9.59 Å². The minimum Gasteiger partial charge on any atom is -0.483 e. The minimum absolute atomic E-state index is 0.0363. The van der Waals surface area contributed by atoms with Crippen LogP contribution in [0, 0.1) is 13.8 Å². The van der Waals surface area contributed by atoms with E-state index in [1.165, 1.54) is 5.56 Å². The first-order valence-electron chi connectivity index (χ1n) is 13.3. The molecular formula is C33H38N2O3. The summed E-state index contributed by atoms with van der Waals surface area (Å²) in [4.78, 5) is 24.3. The normalized spacial score (nSPS) is 13.8. The maximum atomic E-state index is 13.2. The van der Waals surface area contributed by atoms with E-state index in [0.29, 0.717) is 17.2 Å². The van der Waals surface area contributed by atoms with Gasteiger partial charge in [0.15, 0.2) is 12.4 Å². The zero-order chi connectivity index (χ0) is 27.6. The van der Waals surface area contributed by atoms with Gasteiger partial charge in [0.05, 0.1) is 12.1 Å². The number of carbonyl (C=O) groups is 2. The summed E-state index contributed by atoms with van der Waals surface area (Å²) < 4.78 is 8.02. The molecule has 0 bridgehead atoms. The molecule has 0 saturated heterocycles. The zero-order valence-corrected chi connectivity index (χ0v) is 23.4. The SMILES string of the molecule is Cc1c(C)n([C@@H](C)c2cccc(O[C@@H](C)C=O)c2)c2ccc(C(=O)N[C@@H](C)c3cccc(C(C)C)c3)cc12. The van der Waals surface area contributed by atoms with Gasteiger partial charge < -0.3 is 14.6 Å². The van der Waals surface area contributed by atoms with E-state index in [2.05, 4.69) is 74.8 Å². The van der Waals surface area contributed by atoms with Crippen LogP contribution < -0.4 is 10.1 Å². The van der Waals surface area contributed by atoms with Crippen molar-refractivity contribution in [2.45, 2.75) is 72.6 Å². The molecule has 0 aliphatic carbocycles. The maximum absolute atomic E-state index is 13.2. The summed E-state index contributed by atoms with van der Waals surface area (Å²) in [7, 11) is 0. The highest BCUT2D eigenvalue weighted by atomic mass is 16.5. The van der Waals surface area contributed by atoms with E-state index < -0.39 is 6.10 Å². The van der Waals surface area contributed by atoms with Gasteiger partial charge in [-0.3, -0.25) is 9.59 Å². The molecule has 4 rings (SSSR count). The van der Waals surface area contributed by atoms with Gasteiger partial charge in [0.1, 0.15) is 5.75 Å². The van der Waals surface area contributed by atoms with Crippen LogP contribution in [-0.4, -0.2) is 22.9 Å². The Labute approximate surface area is 225 Å². The van der Waals surface area contributed by atoms with Crippen LogP contribution in [0.5, 0.6) is 5.75 Å². The van der Waals surface area contributed by atoms with Crippen LogP contribution in [0.1, 0.15) is 90.9 Å². The largest absolute Gasteiger partial charge is 0.483 e. The second-order valence-corrected chi connectivity index (χ2v) is 10.5. The van der Waals surface area contributed by atoms with Crippen molar-refractivity contribution in [1.29, 1.82) is 0 Å². The molecule has 5 heteroatoms. The number of ether oxygens (including phenoxy) is 1. The number of nitrogens with one attached hydrogen (secondary N) is 1. The first-order valence-corrected chi connectivity index (χ1v) is 13.3. The van der Waals surface area contributed by atoms with Crippen molar-refractivity contribution in [3.8, 4) is 5.75 Å². The summed E-state index contributed by atoms with van der Waals surface area (Å²) in [5.74, 6) is 1.03. The van der Waals surface area contributed by atoms with Crippen molar-refractivity contribution < 1.29 is 14.3 Å². The Bertz CT molecular complexity index is 1470. The molecule has 0 spiro atoms. The quantitative estimate of drug-likeness (QED) is 0.238. The van der Waals surface area contributed by atoms with E-state index >= 15 is 0 Å². The molecular weight excluding hydrogens is 472 g/mol. The average Bonchev–Trinajstić information content (AvgIpc) is 3.17. The third kappa shape index (κ3) is 5.52. The molecule has 1 aromatic heterocycles. The molecule has 0 unspecified atom stereocenters. The Morgan fingerprint density at radius 3 is 2.26 bits per heavy atom. The highest BCUT2D eigenvalue weighted by Crippen LogP contribution is 2.33. The lowest BCUT2D eigenvalue weighted by Gasteiger charge is -2.20. The highest BCUT2D eigenvalue weighted by Gasteiger charge is 2.20. The van der Waals surface area contributed by atoms with Crippen LogP contribution in [0.25, 0.3) is 10.9 Å². The Balaban J connectivity index is 1.61. The van der Waals surface area contributed by atoms with Gasteiger partial charge in [0.25, 0.3) is 5.91 Å². The van der Waals surface area contributed by atoms with Crippen LogP contribution >= 0.6 is 0 Å². The molecule has 0 aliphatic heterocycles. The standard InChI is InChI=1S/C33H38N2O3/c1-20(2)26-10-8-11-27(16-26)23(5)34-33(37)29-14-15-32-31(18-29)22(4)24(6)35(32)25(7)28-12-9-13-30(17-28)38-21(3)19-36/h8-21,23,25H,1-7H3,(H,34,37)/t21-,23-,25-/m0/s1. The predicted octanol–water partition coefficient (Wildman–Crippen LogP) is 7.45. The molecule has 198 valence electrons. The van der Waals surface area contributed by atoms with E-state index in [0.717, 1.165) is 39.6 Å². The molecule has 4 aromatic rings. The zero-order valence-electron chi connectivity index (χ0n) is 23.4. The fourth-order valence-corrected chi connectivity index (χ4v) is 5.03. The molecule has 5 nitrogen and oxygen atoms in total. The fourth-order valence-electron chi connectivity index (χ4n) is 5.03. The average molecular weight is 511 g/mol. The van der Waals surface area contributed by atoms with E-state index in [1.54, 1.807) is 6.92 Å². The summed E-state index contributed by atoms with van der Waals surface area (Å²) in [6.07, 6.45) is 0.295. The van der Waals surface area contributed by atoms with Crippen molar-refractivity contribution >= 4 is 23.1 Å². The fraction of sp³-hybridized carbons (Fsp3) is 0.333. The van der Waals surface area contributed by atoms with Crippen LogP contribution in [0.4, 0.5) is 0 Å². The second kappa shape index (κ2) is 11.3. The van der Waals surface area contributed by atoms with Crippen LogP contribution in [0.2, 0.25) is 0 Å². The van der Waals surface area contributed by atoms with Crippen molar-refractivity contribution in [2.24, 2.45) is 0 Å². The van der Waals surface area contributed by atoms with E-state index in [-0.39, 0.29) is 18.0 Å². The Kier molecular flexibility index (Phi) is 8.05. The van der Waals surface area contributed by atoms with Gasteiger partial charge in [0, 0.05) is 22.2 Å². The van der Waals surface area contributed by atoms with Gasteiger partial charge in [-0.1, -0.05) is 50.2 Å². The Morgan fingerprint density at radius 1 is 0.868 bits per heavy atom. The molecule has 1 amide bonds. The summed E-state index contributed by atoms with van der Waals surface area (Å²) >= 11 is 0. The lowest BCUT2D eigenvalue weighted by atomic mass is 9.98. The molecule has 3 aromatic carbocycles. The third-order valence-electron chi connectivity index (χ3n) is 7.49. The number of hydrogen-bond acceptors (Lipinski definition) is 3. The maximum Gasteiger partial charge on any atom is 0.251 e. The number of rotatable bonds is 9. The molecule has 1 heterocycles. The first kappa shape index (κ1) is 27.2. The van der Waals surface area contributed by atoms with Crippen LogP contribution in [0.3, 0.4) is 0 Å². The van der Waals surface area contributed by atoms with Crippen LogP contribution in [-0.2, 0) is 4.79 Å². The molecule has 38 heavy (non-hydrogen) atoms. The molecule has 0 saturated carbocycles. The minimum atomic E-state index is -0.497. The number of aryl methyl sites for hydroxylation is 1. The molecule has 0 fully saturated rings. The van der Waals surface area contributed by atoms with Gasteiger partial charge in [0.2, 0.25) is 0 Å². The topological polar surface area (TPSA) is 60.3 Å². The molecule has 1 N–H and O–H groups in total. The number of nitrogens with zero attached hydrogens (tertiary/aromatic N) is 1. The molecule has 0 radical (unpaired) electrons. The number of carbonyl (C=O) groups excluding carboxylic acids is 2. The van der Waals surface area contributed by atoms with Crippen molar-refractivity contribution in [2.75, 3.05) is 0 Å². The number of hydrogen-bond donors (Lipinski definition) is 1. The summed E-state index contributed by atoms with van der Waals surface area (Å²) in [5.41, 5.74) is 7.48. The van der Waals surface area contributed by atoms with Gasteiger partial charge >= 0.3 is 0 Å². The number of fused-ring (bicyclic) bond motifs is 1. The number of aromatic nitrogens is 1. The van der Waals surface area contributed by atoms with Crippen molar-refractivity contribution in [3.63, 3.8) is 0 Å². The van der Waals surface area contributed by atoms with Crippen LogP contribution in [0.15, 0.2) is 66.7 Å². The van der Waals surface area contributed by atoms with Gasteiger partial charge in [-0.25, -0.2) is 0 Å². The monoisotopic (exact) mass is 510 g/mol. The third-order valence-corrected chi connectivity index (χ3v) is 7.49. The van der Waals surface area contributed by atoms with Gasteiger partial charge in [-0.2, -0.15) is 0 Å². The van der Waals surface area contributed by atoms with Crippen molar-refractivity contribution in [3.05, 3.63) is 100 Å². The smallest absolute Gasteiger partial charge is 0.251 e. The number of amides is 1. The van der Waals surface area contributed by atoms with E-state index in [1.807, 2.05) is 43.3 Å². The molecule has 3 atom stereocenters. The summed E-state index contributed by atoms with van der Waals surface area (Å²) in [6.45, 7) is 14.5. The molecule has 0 aliphatic rings. The summed E-state index contributed by atoms with van der Waals surface area (Å²) in [6, 6.07) is 22.2. The lowest BCUT2D eigenvalue weighted by molar-refractivity contribution is -0.113. The van der Waals surface area contributed by atoms with Gasteiger partial charge in [-0.05, 0) is 93.1 Å². The number of aldehydes is 1. The second-order valence-electron chi connectivity index (χ2n) is 10.5.